The van der Waals surface area contributed by atoms with Crippen LogP contribution in [0.4, 0.5) is 16.2 Å². The summed E-state index contributed by atoms with van der Waals surface area (Å²) in [4.78, 5) is 21.4. The van der Waals surface area contributed by atoms with E-state index in [-0.39, 0.29) is 6.03 Å². The molecule has 4 rings (SSSR count). The third kappa shape index (κ3) is 2.95. The maximum atomic E-state index is 12.5. The number of anilines is 2. The van der Waals surface area contributed by atoms with Gasteiger partial charge in [0.1, 0.15) is 0 Å². The molecule has 0 unspecified atom stereocenters. The first kappa shape index (κ1) is 16.0. The van der Waals surface area contributed by atoms with Crippen molar-refractivity contribution in [3.8, 4) is 0 Å². The van der Waals surface area contributed by atoms with Crippen LogP contribution in [0.25, 0.3) is 21.8 Å². The van der Waals surface area contributed by atoms with E-state index in [1.165, 1.54) is 5.56 Å². The zero-order valence-corrected chi connectivity index (χ0v) is 14.6. The molecule has 2 aromatic heterocycles. The van der Waals surface area contributed by atoms with Gasteiger partial charge in [0.2, 0.25) is 0 Å². The number of rotatable bonds is 2. The van der Waals surface area contributed by atoms with Crippen LogP contribution in [0.3, 0.4) is 0 Å². The number of nitrogens with one attached hydrogen (secondary N) is 2. The van der Waals surface area contributed by atoms with Crippen molar-refractivity contribution in [2.45, 2.75) is 13.8 Å². The molecule has 2 heterocycles. The Balaban J connectivity index is 1.69. The quantitative estimate of drug-likeness (QED) is 0.501. The Morgan fingerprint density at radius 1 is 0.846 bits per heavy atom. The second kappa shape index (κ2) is 6.44. The van der Waals surface area contributed by atoms with Gasteiger partial charge in [-0.15, -0.1) is 0 Å². The first-order valence-electron chi connectivity index (χ1n) is 8.39. The van der Waals surface area contributed by atoms with Gasteiger partial charge in [0.05, 0.1) is 16.7 Å². The number of fused-ring (bicyclic) bond motifs is 3. The maximum absolute atomic E-state index is 12.5. The van der Waals surface area contributed by atoms with Gasteiger partial charge in [-0.1, -0.05) is 12.1 Å². The predicted molar refractivity (Wildman–Crippen MR) is 106 cm³/mol. The first-order valence-corrected chi connectivity index (χ1v) is 8.39. The van der Waals surface area contributed by atoms with Gasteiger partial charge in [-0.05, 0) is 61.4 Å². The highest BCUT2D eigenvalue weighted by Gasteiger charge is 2.11. The molecule has 4 aromatic rings. The van der Waals surface area contributed by atoms with Crippen molar-refractivity contribution in [1.82, 2.24) is 9.97 Å². The third-order valence-corrected chi connectivity index (χ3v) is 4.47. The van der Waals surface area contributed by atoms with Crippen molar-refractivity contribution in [2.24, 2.45) is 0 Å². The minimum Gasteiger partial charge on any atom is -0.308 e. The lowest BCUT2D eigenvalue weighted by molar-refractivity contribution is 0.262. The van der Waals surface area contributed by atoms with Gasteiger partial charge in [-0.25, -0.2) is 4.79 Å². The van der Waals surface area contributed by atoms with Gasteiger partial charge >= 0.3 is 6.03 Å². The minimum atomic E-state index is -0.302. The van der Waals surface area contributed by atoms with Crippen molar-refractivity contribution in [1.29, 1.82) is 0 Å². The Bertz CT molecular complexity index is 1140. The third-order valence-electron chi connectivity index (χ3n) is 4.47. The molecule has 0 aliphatic carbocycles. The van der Waals surface area contributed by atoms with Crippen LogP contribution in [0.5, 0.6) is 0 Å². The molecule has 0 saturated heterocycles. The van der Waals surface area contributed by atoms with Crippen molar-refractivity contribution in [2.75, 3.05) is 10.6 Å². The lowest BCUT2D eigenvalue weighted by Crippen LogP contribution is -2.19. The number of hydrogen-bond acceptors (Lipinski definition) is 3. The van der Waals surface area contributed by atoms with Crippen LogP contribution in [-0.2, 0) is 0 Å². The molecule has 0 aliphatic rings. The predicted octanol–water partition coefficient (Wildman–Crippen LogP) is 5.04. The second-order valence-corrected chi connectivity index (χ2v) is 6.28. The van der Waals surface area contributed by atoms with E-state index in [2.05, 4.69) is 20.6 Å². The summed E-state index contributed by atoms with van der Waals surface area (Å²) in [6.07, 6.45) is 3.47. The fraction of sp³-hybridized carbons (Fsp3) is 0.0952. The van der Waals surface area contributed by atoms with E-state index in [0.29, 0.717) is 11.2 Å². The molecule has 0 radical (unpaired) electrons. The summed E-state index contributed by atoms with van der Waals surface area (Å²) in [5, 5.41) is 7.66. The molecular weight excluding hydrogens is 324 g/mol. The van der Waals surface area contributed by atoms with Gasteiger partial charge in [-0.3, -0.25) is 9.97 Å². The molecule has 2 amide bonds. The van der Waals surface area contributed by atoms with Gasteiger partial charge < -0.3 is 10.6 Å². The maximum Gasteiger partial charge on any atom is 0.323 e. The molecular formula is C21H18N4O. The average molecular weight is 342 g/mol. The Morgan fingerprint density at radius 2 is 1.62 bits per heavy atom. The summed E-state index contributed by atoms with van der Waals surface area (Å²) in [7, 11) is 0. The van der Waals surface area contributed by atoms with Crippen molar-refractivity contribution in [3.63, 3.8) is 0 Å². The molecule has 128 valence electrons. The molecule has 2 aromatic carbocycles. The minimum absolute atomic E-state index is 0.302. The van der Waals surface area contributed by atoms with Gasteiger partial charge in [0, 0.05) is 28.9 Å². The molecule has 0 spiro atoms. The zero-order chi connectivity index (χ0) is 18.1. The zero-order valence-electron chi connectivity index (χ0n) is 14.6. The standard InChI is InChI=1S/C21H18N4O/c1-13-7-8-16(11-14(13)2)24-21(26)25-18-12-15-5-3-9-22-19(15)17-6-4-10-23-20(17)18/h3-12H,1-2H3,(H2,24,25,26). The number of pyridine rings is 2. The average Bonchev–Trinajstić information content (AvgIpc) is 2.65. The molecule has 5 nitrogen and oxygen atoms in total. The number of benzene rings is 2. The fourth-order valence-electron chi connectivity index (χ4n) is 2.99. The molecule has 0 atom stereocenters. The van der Waals surface area contributed by atoms with Crippen LogP contribution < -0.4 is 10.6 Å². The summed E-state index contributed by atoms with van der Waals surface area (Å²) in [5.74, 6) is 0. The summed E-state index contributed by atoms with van der Waals surface area (Å²) in [6.45, 7) is 4.06. The number of amides is 2. The Morgan fingerprint density at radius 3 is 2.42 bits per heavy atom. The molecule has 2 N–H and O–H groups in total. The number of hydrogen-bond donors (Lipinski definition) is 2. The number of carbonyl (C=O) groups excluding carboxylic acids is 1. The first-order chi connectivity index (χ1) is 12.6. The normalized spacial score (nSPS) is 10.8. The highest BCUT2D eigenvalue weighted by Crippen LogP contribution is 2.29. The summed E-state index contributed by atoms with van der Waals surface area (Å²) in [5.41, 5.74) is 5.32. The van der Waals surface area contributed by atoms with Crippen LogP contribution >= 0.6 is 0 Å². The molecule has 0 aliphatic heterocycles. The van der Waals surface area contributed by atoms with Gasteiger partial charge in [-0.2, -0.15) is 0 Å². The van der Waals surface area contributed by atoms with Crippen molar-refractivity contribution < 1.29 is 4.79 Å². The van der Waals surface area contributed by atoms with E-state index in [9.17, 15) is 4.79 Å². The number of aryl methyl sites for hydroxylation is 2. The van der Waals surface area contributed by atoms with E-state index in [1.54, 1.807) is 12.4 Å². The largest absolute Gasteiger partial charge is 0.323 e. The fourth-order valence-corrected chi connectivity index (χ4v) is 2.99. The highest BCUT2D eigenvalue weighted by atomic mass is 16.2. The smallest absolute Gasteiger partial charge is 0.308 e. The highest BCUT2D eigenvalue weighted by molar-refractivity contribution is 6.13. The van der Waals surface area contributed by atoms with Crippen LogP contribution in [0.2, 0.25) is 0 Å². The van der Waals surface area contributed by atoms with Crippen molar-refractivity contribution >= 4 is 39.2 Å². The van der Waals surface area contributed by atoms with Gasteiger partial charge in [0.25, 0.3) is 0 Å². The molecule has 0 bridgehead atoms. The monoisotopic (exact) mass is 342 g/mol. The SMILES string of the molecule is Cc1ccc(NC(=O)Nc2cc3cccnc3c3cccnc23)cc1C. The van der Waals surface area contributed by atoms with Crippen LogP contribution in [0.15, 0.2) is 60.9 Å². The summed E-state index contributed by atoms with van der Waals surface area (Å²) >= 11 is 0. The number of aromatic nitrogens is 2. The Hall–Kier alpha value is -3.47. The summed E-state index contributed by atoms with van der Waals surface area (Å²) in [6, 6.07) is 15.1. The molecule has 0 fully saturated rings. The van der Waals surface area contributed by atoms with E-state index >= 15 is 0 Å². The second-order valence-electron chi connectivity index (χ2n) is 6.28. The van der Waals surface area contributed by atoms with E-state index in [1.807, 2.05) is 62.4 Å². The Labute approximate surface area is 151 Å². The Kier molecular flexibility index (Phi) is 3.97. The lowest BCUT2D eigenvalue weighted by Gasteiger charge is -2.12. The number of carbonyl (C=O) groups is 1. The van der Waals surface area contributed by atoms with Crippen LogP contribution in [0.1, 0.15) is 11.1 Å². The number of nitrogens with zero attached hydrogens (tertiary/aromatic N) is 2. The summed E-state index contributed by atoms with van der Waals surface area (Å²) < 4.78 is 0. The van der Waals surface area contributed by atoms with Gasteiger partial charge in [0.15, 0.2) is 0 Å². The topological polar surface area (TPSA) is 66.9 Å². The molecule has 5 heteroatoms. The van der Waals surface area contributed by atoms with Crippen LogP contribution in [-0.4, -0.2) is 16.0 Å². The van der Waals surface area contributed by atoms with E-state index in [0.717, 1.165) is 27.5 Å². The van der Waals surface area contributed by atoms with E-state index in [4.69, 9.17) is 0 Å². The van der Waals surface area contributed by atoms with E-state index < -0.39 is 0 Å². The molecule has 0 saturated carbocycles. The van der Waals surface area contributed by atoms with Crippen LogP contribution in [0, 0.1) is 13.8 Å². The lowest BCUT2D eigenvalue weighted by atomic mass is 10.1. The molecule has 26 heavy (non-hydrogen) atoms. The number of urea groups is 1. The van der Waals surface area contributed by atoms with Crippen molar-refractivity contribution in [3.05, 3.63) is 72.1 Å².